The first kappa shape index (κ1) is 16.4. The van der Waals surface area contributed by atoms with Crippen molar-refractivity contribution in [1.82, 2.24) is 0 Å². The van der Waals surface area contributed by atoms with Crippen LogP contribution in [0.5, 0.6) is 0 Å². The Morgan fingerprint density at radius 3 is 2.42 bits per heavy atom. The van der Waals surface area contributed by atoms with Crippen LogP contribution < -0.4 is 0 Å². The van der Waals surface area contributed by atoms with Crippen molar-refractivity contribution in [2.24, 2.45) is 53.3 Å². The van der Waals surface area contributed by atoms with Crippen LogP contribution in [-0.4, -0.2) is 25.7 Å². The molecule has 4 saturated carbocycles. The second kappa shape index (κ2) is 6.03. The van der Waals surface area contributed by atoms with E-state index < -0.39 is 0 Å². The molecule has 24 heavy (non-hydrogen) atoms. The van der Waals surface area contributed by atoms with E-state index in [9.17, 15) is 9.59 Å². The lowest BCUT2D eigenvalue weighted by atomic mass is 9.64. The summed E-state index contributed by atoms with van der Waals surface area (Å²) < 4.78 is 9.78. The summed E-state index contributed by atoms with van der Waals surface area (Å²) in [5, 5.41) is 0. The van der Waals surface area contributed by atoms with E-state index in [4.69, 9.17) is 4.74 Å². The third-order valence-corrected chi connectivity index (χ3v) is 7.96. The summed E-state index contributed by atoms with van der Waals surface area (Å²) in [7, 11) is 1.41. The molecule has 0 aromatic rings. The Labute approximate surface area is 144 Å². The molecule has 4 nitrogen and oxygen atoms in total. The predicted octanol–water partition coefficient (Wildman–Crippen LogP) is 3.29. The molecule has 9 unspecified atom stereocenters. The number of carbonyl (C=O) groups excluding carboxylic acids is 2. The minimum atomic E-state index is -0.118. The number of methoxy groups -OCH3 is 1. The minimum Gasteiger partial charge on any atom is -0.469 e. The summed E-state index contributed by atoms with van der Waals surface area (Å²) in [6.45, 7) is 4.57. The van der Waals surface area contributed by atoms with Gasteiger partial charge in [-0.2, -0.15) is 0 Å². The number of fused-ring (bicyclic) bond motifs is 12. The van der Waals surface area contributed by atoms with E-state index in [-0.39, 0.29) is 17.9 Å². The van der Waals surface area contributed by atoms with Gasteiger partial charge in [0.2, 0.25) is 0 Å². The summed E-state index contributed by atoms with van der Waals surface area (Å²) in [4.78, 5) is 22.3. The summed E-state index contributed by atoms with van der Waals surface area (Å²) in [6, 6.07) is 0. The third-order valence-electron chi connectivity index (χ3n) is 7.96. The van der Waals surface area contributed by atoms with Crippen molar-refractivity contribution in [3.8, 4) is 0 Å². The van der Waals surface area contributed by atoms with Gasteiger partial charge in [-0.15, -0.1) is 0 Å². The Morgan fingerprint density at radius 2 is 1.83 bits per heavy atom. The number of rotatable bonds is 2. The lowest BCUT2D eigenvalue weighted by Crippen LogP contribution is -2.38. The van der Waals surface area contributed by atoms with Crippen LogP contribution in [0, 0.1) is 53.3 Å². The molecule has 0 amide bonds. The van der Waals surface area contributed by atoms with Crippen LogP contribution in [0.3, 0.4) is 0 Å². The molecule has 4 heteroatoms. The van der Waals surface area contributed by atoms with E-state index in [1.807, 2.05) is 13.8 Å². The number of cyclic esters (lactones) is 1. The average molecular weight is 334 g/mol. The van der Waals surface area contributed by atoms with E-state index in [2.05, 4.69) is 4.74 Å². The molecule has 0 spiro atoms. The molecule has 4 bridgehead atoms. The Balaban J connectivity index is 0.000000159. The highest BCUT2D eigenvalue weighted by Gasteiger charge is 2.68. The van der Waals surface area contributed by atoms with Crippen LogP contribution >= 0.6 is 0 Å². The molecule has 1 saturated heterocycles. The summed E-state index contributed by atoms with van der Waals surface area (Å²) in [5.74, 6) is 6.57. The van der Waals surface area contributed by atoms with Crippen LogP contribution in [0.15, 0.2) is 0 Å². The standard InChI is InChI=1S/C14H18O2.C6H12O2/c15-14-13-9-4-8(10(13)5-16-14)11-6-1-2-7(3-6)12(9)11;1-4-5(2)6(7)8-3/h6-13H,1-5H2;5H,4H2,1-3H3. The molecule has 1 aliphatic heterocycles. The van der Waals surface area contributed by atoms with Gasteiger partial charge in [0.25, 0.3) is 0 Å². The number of esters is 2. The predicted molar refractivity (Wildman–Crippen MR) is 88.8 cm³/mol. The van der Waals surface area contributed by atoms with Crippen LogP contribution in [0.1, 0.15) is 46.0 Å². The highest BCUT2D eigenvalue weighted by molar-refractivity contribution is 5.76. The van der Waals surface area contributed by atoms with Gasteiger partial charge in [-0.3, -0.25) is 9.59 Å². The quantitative estimate of drug-likeness (QED) is 0.574. The van der Waals surface area contributed by atoms with Crippen molar-refractivity contribution in [3.63, 3.8) is 0 Å². The molecule has 0 aromatic heterocycles. The maximum Gasteiger partial charge on any atom is 0.309 e. The van der Waals surface area contributed by atoms with Crippen molar-refractivity contribution in [1.29, 1.82) is 0 Å². The molecular weight excluding hydrogens is 304 g/mol. The van der Waals surface area contributed by atoms with Crippen molar-refractivity contribution < 1.29 is 19.1 Å². The second-order valence-corrected chi connectivity index (χ2v) is 8.70. The molecule has 9 atom stereocenters. The highest BCUT2D eigenvalue weighted by Crippen LogP contribution is 2.71. The molecule has 0 N–H and O–H groups in total. The first-order chi connectivity index (χ1) is 11.6. The number of ether oxygens (including phenoxy) is 2. The van der Waals surface area contributed by atoms with Crippen LogP contribution in [0.25, 0.3) is 0 Å². The van der Waals surface area contributed by atoms with Gasteiger partial charge in [-0.25, -0.2) is 0 Å². The fraction of sp³-hybridized carbons (Fsp3) is 0.900. The molecule has 4 aliphatic carbocycles. The third kappa shape index (κ3) is 2.24. The van der Waals surface area contributed by atoms with Crippen molar-refractivity contribution in [2.45, 2.75) is 46.0 Å². The number of hydrogen-bond donors (Lipinski definition) is 0. The van der Waals surface area contributed by atoms with Gasteiger partial charge in [0.05, 0.1) is 25.6 Å². The van der Waals surface area contributed by atoms with Gasteiger partial charge in [0.1, 0.15) is 0 Å². The monoisotopic (exact) mass is 334 g/mol. The van der Waals surface area contributed by atoms with Crippen molar-refractivity contribution >= 4 is 11.9 Å². The molecule has 0 aromatic carbocycles. The maximum atomic E-state index is 11.8. The lowest BCUT2D eigenvalue weighted by Gasteiger charge is -2.38. The van der Waals surface area contributed by atoms with Gasteiger partial charge < -0.3 is 9.47 Å². The van der Waals surface area contributed by atoms with E-state index in [0.717, 1.165) is 48.5 Å². The zero-order chi connectivity index (χ0) is 17.0. The fourth-order valence-corrected chi connectivity index (χ4v) is 6.93. The molecule has 5 rings (SSSR count). The molecule has 5 fully saturated rings. The lowest BCUT2D eigenvalue weighted by molar-refractivity contribution is -0.145. The fourth-order valence-electron chi connectivity index (χ4n) is 6.93. The SMILES string of the molecule is CCC(C)C(=O)OC.O=C1OCC2C3CC(C12)C1C2CCC(C2)C31. The Kier molecular flexibility index (Phi) is 4.12. The van der Waals surface area contributed by atoms with Crippen LogP contribution in [0.4, 0.5) is 0 Å². The number of carbonyl (C=O) groups is 2. The van der Waals surface area contributed by atoms with E-state index in [1.165, 1.54) is 32.8 Å². The highest BCUT2D eigenvalue weighted by atomic mass is 16.5. The molecule has 0 radical (unpaired) electrons. The second-order valence-electron chi connectivity index (χ2n) is 8.70. The molecule has 134 valence electrons. The van der Waals surface area contributed by atoms with Gasteiger partial charge in [0.15, 0.2) is 0 Å². The summed E-state index contributed by atoms with van der Waals surface area (Å²) in [6.07, 6.45) is 6.67. The zero-order valence-electron chi connectivity index (χ0n) is 15.1. The van der Waals surface area contributed by atoms with Gasteiger partial charge in [-0.1, -0.05) is 13.8 Å². The van der Waals surface area contributed by atoms with Crippen LogP contribution in [-0.2, 0) is 19.1 Å². The zero-order valence-corrected chi connectivity index (χ0v) is 15.1. The smallest absolute Gasteiger partial charge is 0.309 e. The van der Waals surface area contributed by atoms with Gasteiger partial charge in [-0.05, 0) is 67.6 Å². The number of hydrogen-bond acceptors (Lipinski definition) is 4. The van der Waals surface area contributed by atoms with Crippen LogP contribution in [0.2, 0.25) is 0 Å². The Hall–Kier alpha value is -1.06. The topological polar surface area (TPSA) is 52.6 Å². The summed E-state index contributed by atoms with van der Waals surface area (Å²) >= 11 is 0. The van der Waals surface area contributed by atoms with E-state index in [0.29, 0.717) is 11.8 Å². The molecule has 1 heterocycles. The average Bonchev–Trinajstić information content (AvgIpc) is 3.37. The van der Waals surface area contributed by atoms with E-state index in [1.54, 1.807) is 0 Å². The van der Waals surface area contributed by atoms with E-state index >= 15 is 0 Å². The Bertz CT molecular complexity index is 530. The Morgan fingerprint density at radius 1 is 1.17 bits per heavy atom. The largest absolute Gasteiger partial charge is 0.469 e. The first-order valence-corrected chi connectivity index (χ1v) is 9.81. The maximum absolute atomic E-state index is 11.8. The summed E-state index contributed by atoms with van der Waals surface area (Å²) in [5.41, 5.74) is 0. The van der Waals surface area contributed by atoms with Gasteiger partial charge >= 0.3 is 11.9 Å². The normalized spacial score (nSPS) is 47.5. The van der Waals surface area contributed by atoms with Crippen molar-refractivity contribution in [2.75, 3.05) is 13.7 Å². The molecule has 5 aliphatic rings. The first-order valence-electron chi connectivity index (χ1n) is 9.81. The van der Waals surface area contributed by atoms with Gasteiger partial charge in [0, 0.05) is 5.92 Å². The van der Waals surface area contributed by atoms with Crippen molar-refractivity contribution in [3.05, 3.63) is 0 Å². The minimum absolute atomic E-state index is 0.0556. The molecular formula is C20H30O4.